The van der Waals surface area contributed by atoms with Crippen LogP contribution in [-0.2, 0) is 6.61 Å². The van der Waals surface area contributed by atoms with E-state index in [0.29, 0.717) is 12.4 Å². The molecule has 0 aliphatic rings. The van der Waals surface area contributed by atoms with Gasteiger partial charge in [-0.05, 0) is 17.7 Å². The molecule has 0 heterocycles. The summed E-state index contributed by atoms with van der Waals surface area (Å²) in [5, 5.41) is 0.0746. The maximum atomic E-state index is 12.9. The molecule has 2 aromatic rings. The summed E-state index contributed by atoms with van der Waals surface area (Å²) >= 11 is 5.64. The summed E-state index contributed by atoms with van der Waals surface area (Å²) in [4.78, 5) is 0. The minimum Gasteiger partial charge on any atom is -0.489 e. The topological polar surface area (TPSA) is 9.23 Å². The maximum absolute atomic E-state index is 12.9. The standard InChI is InChI=1S/C13H10ClFO/c14-12-8-11(6-7-13(12)15)16-9-10-4-2-1-3-5-10/h1-8H,9H2. The van der Waals surface area contributed by atoms with E-state index < -0.39 is 5.82 Å². The van der Waals surface area contributed by atoms with Gasteiger partial charge in [0.15, 0.2) is 0 Å². The van der Waals surface area contributed by atoms with Crippen molar-refractivity contribution in [2.45, 2.75) is 6.61 Å². The average Bonchev–Trinajstić information content (AvgIpc) is 2.32. The van der Waals surface area contributed by atoms with E-state index >= 15 is 0 Å². The minimum absolute atomic E-state index is 0.0746. The maximum Gasteiger partial charge on any atom is 0.142 e. The third-order valence-corrected chi connectivity index (χ3v) is 2.43. The molecule has 0 aliphatic carbocycles. The Kier molecular flexibility index (Phi) is 3.42. The van der Waals surface area contributed by atoms with E-state index in [1.165, 1.54) is 12.1 Å². The van der Waals surface area contributed by atoms with Crippen LogP contribution in [0, 0.1) is 5.82 Å². The summed E-state index contributed by atoms with van der Waals surface area (Å²) in [6.45, 7) is 0.447. The molecular formula is C13H10ClFO. The Morgan fingerprint density at radius 1 is 1.06 bits per heavy atom. The van der Waals surface area contributed by atoms with Crippen LogP contribution in [0.2, 0.25) is 5.02 Å². The second-order valence-corrected chi connectivity index (χ2v) is 3.76. The zero-order valence-corrected chi connectivity index (χ0v) is 9.25. The van der Waals surface area contributed by atoms with Crippen LogP contribution in [0.4, 0.5) is 4.39 Å². The Bertz CT molecular complexity index is 471. The van der Waals surface area contributed by atoms with E-state index in [2.05, 4.69) is 0 Å². The lowest BCUT2D eigenvalue weighted by Gasteiger charge is -2.06. The molecule has 0 saturated heterocycles. The van der Waals surface area contributed by atoms with Crippen molar-refractivity contribution in [2.24, 2.45) is 0 Å². The van der Waals surface area contributed by atoms with E-state index in [9.17, 15) is 4.39 Å². The molecule has 3 heteroatoms. The Morgan fingerprint density at radius 2 is 1.81 bits per heavy atom. The smallest absolute Gasteiger partial charge is 0.142 e. The highest BCUT2D eigenvalue weighted by atomic mass is 35.5. The lowest BCUT2D eigenvalue weighted by atomic mass is 10.2. The molecule has 0 spiro atoms. The van der Waals surface area contributed by atoms with Gasteiger partial charge in [0.1, 0.15) is 18.2 Å². The molecular weight excluding hydrogens is 227 g/mol. The summed E-state index contributed by atoms with van der Waals surface area (Å²) in [6.07, 6.45) is 0. The normalized spacial score (nSPS) is 10.1. The molecule has 0 unspecified atom stereocenters. The zero-order valence-electron chi connectivity index (χ0n) is 8.49. The van der Waals surface area contributed by atoms with Crippen molar-refractivity contribution in [3.8, 4) is 5.75 Å². The van der Waals surface area contributed by atoms with Crippen molar-refractivity contribution in [3.05, 3.63) is 64.9 Å². The van der Waals surface area contributed by atoms with Gasteiger partial charge in [-0.25, -0.2) is 4.39 Å². The second kappa shape index (κ2) is 4.99. The first-order valence-corrected chi connectivity index (χ1v) is 5.25. The number of halogens is 2. The van der Waals surface area contributed by atoms with Gasteiger partial charge in [-0.1, -0.05) is 41.9 Å². The van der Waals surface area contributed by atoms with Crippen LogP contribution in [0.1, 0.15) is 5.56 Å². The van der Waals surface area contributed by atoms with Crippen molar-refractivity contribution in [2.75, 3.05) is 0 Å². The molecule has 82 valence electrons. The summed E-state index contributed by atoms with van der Waals surface area (Å²) in [5.41, 5.74) is 1.06. The molecule has 0 bridgehead atoms. The number of rotatable bonds is 3. The van der Waals surface area contributed by atoms with Gasteiger partial charge in [0.05, 0.1) is 5.02 Å². The van der Waals surface area contributed by atoms with Crippen molar-refractivity contribution in [1.82, 2.24) is 0 Å². The van der Waals surface area contributed by atoms with Crippen LogP contribution in [0.3, 0.4) is 0 Å². The van der Waals surface area contributed by atoms with Gasteiger partial charge in [-0.3, -0.25) is 0 Å². The lowest BCUT2D eigenvalue weighted by molar-refractivity contribution is 0.306. The number of ether oxygens (including phenoxy) is 1. The summed E-state index contributed by atoms with van der Waals surface area (Å²) in [5.74, 6) is 0.129. The van der Waals surface area contributed by atoms with E-state index in [4.69, 9.17) is 16.3 Å². The third kappa shape index (κ3) is 2.74. The van der Waals surface area contributed by atoms with E-state index in [1.807, 2.05) is 30.3 Å². The molecule has 2 rings (SSSR count). The third-order valence-electron chi connectivity index (χ3n) is 2.14. The summed E-state index contributed by atoms with van der Waals surface area (Å²) in [6, 6.07) is 14.1. The lowest BCUT2D eigenvalue weighted by Crippen LogP contribution is -1.95. The molecule has 0 amide bonds. The van der Waals surface area contributed by atoms with Gasteiger partial charge >= 0.3 is 0 Å². The Hall–Kier alpha value is -1.54. The van der Waals surface area contributed by atoms with E-state index in [0.717, 1.165) is 5.56 Å². The molecule has 0 radical (unpaired) electrons. The van der Waals surface area contributed by atoms with Crippen LogP contribution in [-0.4, -0.2) is 0 Å². The van der Waals surface area contributed by atoms with E-state index in [-0.39, 0.29) is 5.02 Å². The van der Waals surface area contributed by atoms with Gasteiger partial charge in [-0.2, -0.15) is 0 Å². The van der Waals surface area contributed by atoms with Gasteiger partial charge in [0.2, 0.25) is 0 Å². The SMILES string of the molecule is Fc1ccc(OCc2ccccc2)cc1Cl. The number of hydrogen-bond donors (Lipinski definition) is 0. The molecule has 0 N–H and O–H groups in total. The van der Waals surface area contributed by atoms with E-state index in [1.54, 1.807) is 6.07 Å². The fourth-order valence-electron chi connectivity index (χ4n) is 1.31. The molecule has 16 heavy (non-hydrogen) atoms. The van der Waals surface area contributed by atoms with Gasteiger partial charge in [-0.15, -0.1) is 0 Å². The zero-order chi connectivity index (χ0) is 11.4. The fraction of sp³-hybridized carbons (Fsp3) is 0.0769. The molecule has 0 saturated carbocycles. The summed E-state index contributed by atoms with van der Waals surface area (Å²) in [7, 11) is 0. The monoisotopic (exact) mass is 236 g/mol. The molecule has 0 aromatic heterocycles. The molecule has 0 fully saturated rings. The predicted octanol–water partition coefficient (Wildman–Crippen LogP) is 4.06. The van der Waals surface area contributed by atoms with Crippen LogP contribution >= 0.6 is 11.6 Å². The quantitative estimate of drug-likeness (QED) is 0.781. The minimum atomic E-state index is -0.436. The predicted molar refractivity (Wildman–Crippen MR) is 62.2 cm³/mol. The largest absolute Gasteiger partial charge is 0.489 e. The van der Waals surface area contributed by atoms with Crippen LogP contribution in [0.15, 0.2) is 48.5 Å². The van der Waals surface area contributed by atoms with Gasteiger partial charge in [0, 0.05) is 6.07 Å². The Morgan fingerprint density at radius 3 is 2.50 bits per heavy atom. The summed E-state index contributed by atoms with van der Waals surface area (Å²) < 4.78 is 18.4. The van der Waals surface area contributed by atoms with Crippen molar-refractivity contribution < 1.29 is 9.13 Å². The van der Waals surface area contributed by atoms with Gasteiger partial charge in [0.25, 0.3) is 0 Å². The molecule has 1 nitrogen and oxygen atoms in total. The first kappa shape index (κ1) is 11.0. The van der Waals surface area contributed by atoms with Crippen LogP contribution in [0.5, 0.6) is 5.75 Å². The molecule has 2 aromatic carbocycles. The number of hydrogen-bond acceptors (Lipinski definition) is 1. The highest BCUT2D eigenvalue weighted by Crippen LogP contribution is 2.21. The second-order valence-electron chi connectivity index (χ2n) is 3.35. The first-order chi connectivity index (χ1) is 7.75. The fourth-order valence-corrected chi connectivity index (χ4v) is 1.48. The van der Waals surface area contributed by atoms with Gasteiger partial charge < -0.3 is 4.74 Å². The van der Waals surface area contributed by atoms with Crippen LogP contribution < -0.4 is 4.74 Å². The van der Waals surface area contributed by atoms with Crippen molar-refractivity contribution in [3.63, 3.8) is 0 Å². The highest BCUT2D eigenvalue weighted by Gasteiger charge is 2.01. The average molecular weight is 237 g/mol. The van der Waals surface area contributed by atoms with Crippen molar-refractivity contribution >= 4 is 11.6 Å². The number of benzene rings is 2. The molecule has 0 aliphatic heterocycles. The first-order valence-electron chi connectivity index (χ1n) is 4.87. The van der Waals surface area contributed by atoms with Crippen LogP contribution in [0.25, 0.3) is 0 Å². The molecule has 0 atom stereocenters. The van der Waals surface area contributed by atoms with Crippen molar-refractivity contribution in [1.29, 1.82) is 0 Å². The Balaban J connectivity index is 2.03. The Labute approximate surface area is 98.4 Å². The highest BCUT2D eigenvalue weighted by molar-refractivity contribution is 6.30.